The largest absolute Gasteiger partial charge is 0.339 e. The normalized spacial score (nSPS) is 10.3. The van der Waals surface area contributed by atoms with E-state index in [-0.39, 0.29) is 11.1 Å². The molecule has 2 aromatic carbocycles. The minimum absolute atomic E-state index is 0.0299. The Labute approximate surface area is 158 Å². The lowest BCUT2D eigenvalue weighted by Crippen LogP contribution is -2.16. The van der Waals surface area contributed by atoms with Crippen LogP contribution in [0.15, 0.2) is 62.8 Å². The van der Waals surface area contributed by atoms with E-state index in [0.29, 0.717) is 5.75 Å². The first-order chi connectivity index (χ1) is 11.4. The predicted molar refractivity (Wildman–Crippen MR) is 105 cm³/mol. The zero-order chi connectivity index (χ0) is 17.5. The summed E-state index contributed by atoms with van der Waals surface area (Å²) < 4.78 is 1.02. The number of carbonyl (C=O) groups excluding carboxylic acids is 2. The maximum atomic E-state index is 12.0. The van der Waals surface area contributed by atoms with Gasteiger partial charge in [-0.2, -0.15) is 0 Å². The summed E-state index contributed by atoms with van der Waals surface area (Å²) >= 11 is 6.02. The molecule has 2 aromatic rings. The average Bonchev–Trinajstić information content (AvgIpc) is 2.56. The quantitative estimate of drug-likeness (QED) is 0.689. The van der Waals surface area contributed by atoms with Gasteiger partial charge in [0.1, 0.15) is 0 Å². The minimum atomic E-state index is -0.0623. The number of hydrogen-bond acceptors (Lipinski definition) is 4. The van der Waals surface area contributed by atoms with Crippen molar-refractivity contribution in [1.82, 2.24) is 4.90 Å². The Morgan fingerprint density at radius 3 is 2.17 bits per heavy atom. The molecule has 0 radical (unpaired) electrons. The molecule has 0 heterocycles. The Bertz CT molecular complexity index is 704. The summed E-state index contributed by atoms with van der Waals surface area (Å²) in [6.45, 7) is 0. The molecule has 0 aliphatic heterocycles. The van der Waals surface area contributed by atoms with Crippen molar-refractivity contribution in [1.29, 1.82) is 0 Å². The first-order valence-corrected chi connectivity index (χ1v) is 9.71. The minimum Gasteiger partial charge on any atom is -0.339 e. The molecule has 0 unspecified atom stereocenters. The summed E-state index contributed by atoms with van der Waals surface area (Å²) in [5, 5.41) is 2.82. The zero-order valence-electron chi connectivity index (χ0n) is 13.3. The Morgan fingerprint density at radius 1 is 1.00 bits per heavy atom. The molecule has 0 fully saturated rings. The second kappa shape index (κ2) is 9.15. The van der Waals surface area contributed by atoms with Crippen LogP contribution in [0.3, 0.4) is 0 Å². The van der Waals surface area contributed by atoms with Crippen molar-refractivity contribution in [3.8, 4) is 0 Å². The summed E-state index contributed by atoms with van der Waals surface area (Å²) in [4.78, 5) is 27.0. The second-order valence-electron chi connectivity index (χ2n) is 5.08. The van der Waals surface area contributed by atoms with Gasteiger partial charge in [0, 0.05) is 34.0 Å². The first kappa shape index (κ1) is 18.9. The van der Waals surface area contributed by atoms with Gasteiger partial charge in [-0.3, -0.25) is 9.59 Å². The molecule has 0 atom stereocenters. The molecule has 0 saturated heterocycles. The van der Waals surface area contributed by atoms with Crippen LogP contribution in [0.4, 0.5) is 10.5 Å². The van der Waals surface area contributed by atoms with Gasteiger partial charge in [0.2, 0.25) is 5.91 Å². The number of anilines is 1. The van der Waals surface area contributed by atoms with Crippen molar-refractivity contribution in [2.45, 2.75) is 9.79 Å². The first-order valence-electron chi connectivity index (χ1n) is 7.11. The molecule has 0 saturated carbocycles. The van der Waals surface area contributed by atoms with Crippen LogP contribution in [-0.4, -0.2) is 35.9 Å². The Kier molecular flexibility index (Phi) is 7.20. The molecule has 0 bridgehead atoms. The van der Waals surface area contributed by atoms with Crippen molar-refractivity contribution in [2.24, 2.45) is 0 Å². The van der Waals surface area contributed by atoms with Crippen molar-refractivity contribution in [2.75, 3.05) is 25.2 Å². The van der Waals surface area contributed by atoms with E-state index in [2.05, 4.69) is 21.2 Å². The lowest BCUT2D eigenvalue weighted by atomic mass is 10.3. The third-order valence-corrected chi connectivity index (χ3v) is 5.48. The molecule has 2 amide bonds. The zero-order valence-corrected chi connectivity index (χ0v) is 16.5. The molecular formula is C17H17BrN2O2S2. The summed E-state index contributed by atoms with van der Waals surface area (Å²) in [6, 6.07) is 15.1. The number of hydrogen-bond donors (Lipinski definition) is 1. The number of carbonyl (C=O) groups is 2. The highest BCUT2D eigenvalue weighted by molar-refractivity contribution is 9.10. The lowest BCUT2D eigenvalue weighted by Gasteiger charge is -2.10. The molecule has 0 spiro atoms. The summed E-state index contributed by atoms with van der Waals surface area (Å²) in [7, 11) is 3.43. The molecule has 4 nitrogen and oxygen atoms in total. The van der Waals surface area contributed by atoms with Crippen LogP contribution in [0.1, 0.15) is 0 Å². The van der Waals surface area contributed by atoms with E-state index in [1.54, 1.807) is 26.2 Å². The number of thioether (sulfide) groups is 2. The molecule has 1 N–H and O–H groups in total. The van der Waals surface area contributed by atoms with Gasteiger partial charge >= 0.3 is 0 Å². The summed E-state index contributed by atoms with van der Waals surface area (Å²) in [6.07, 6.45) is 0. The third kappa shape index (κ3) is 6.22. The topological polar surface area (TPSA) is 49.4 Å². The van der Waals surface area contributed by atoms with E-state index in [0.717, 1.165) is 31.7 Å². The van der Waals surface area contributed by atoms with Crippen molar-refractivity contribution in [3.63, 3.8) is 0 Å². The van der Waals surface area contributed by atoms with Crippen molar-refractivity contribution in [3.05, 3.63) is 53.0 Å². The van der Waals surface area contributed by atoms with Gasteiger partial charge in [-0.25, -0.2) is 0 Å². The summed E-state index contributed by atoms with van der Waals surface area (Å²) in [5.41, 5.74) is 0.720. The SMILES string of the molecule is CN(C)C(=O)Sc1ccc(NC(=O)CSc2ccc(Br)cc2)cc1. The lowest BCUT2D eigenvalue weighted by molar-refractivity contribution is -0.113. The molecule has 126 valence electrons. The highest BCUT2D eigenvalue weighted by atomic mass is 79.9. The number of nitrogens with zero attached hydrogens (tertiary/aromatic N) is 1. The second-order valence-corrected chi connectivity index (χ2v) is 8.07. The average molecular weight is 425 g/mol. The van der Waals surface area contributed by atoms with E-state index >= 15 is 0 Å². The fourth-order valence-corrected chi connectivity index (χ4v) is 3.29. The Hall–Kier alpha value is -1.44. The van der Waals surface area contributed by atoms with Gasteiger partial charge in [-0.05, 0) is 60.3 Å². The highest BCUT2D eigenvalue weighted by Crippen LogP contribution is 2.23. The van der Waals surface area contributed by atoms with Crippen LogP contribution < -0.4 is 5.32 Å². The number of benzene rings is 2. The molecule has 2 rings (SSSR count). The molecule has 0 aliphatic rings. The standard InChI is InChI=1S/C17H17BrN2O2S2/c1-20(2)17(22)24-15-9-5-13(6-10-15)19-16(21)11-23-14-7-3-12(18)4-8-14/h3-10H,11H2,1-2H3,(H,19,21). The van der Waals surface area contributed by atoms with E-state index < -0.39 is 0 Å². The van der Waals surface area contributed by atoms with E-state index in [1.165, 1.54) is 16.7 Å². The van der Waals surface area contributed by atoms with Crippen LogP contribution in [0.2, 0.25) is 0 Å². The molecule has 24 heavy (non-hydrogen) atoms. The van der Waals surface area contributed by atoms with Crippen LogP contribution in [0.5, 0.6) is 0 Å². The van der Waals surface area contributed by atoms with Crippen LogP contribution in [-0.2, 0) is 4.79 Å². The van der Waals surface area contributed by atoms with Crippen molar-refractivity contribution < 1.29 is 9.59 Å². The fourth-order valence-electron chi connectivity index (χ4n) is 1.68. The van der Waals surface area contributed by atoms with E-state index in [1.807, 2.05) is 36.4 Å². The molecule has 7 heteroatoms. The van der Waals surface area contributed by atoms with Gasteiger partial charge in [0.25, 0.3) is 5.24 Å². The van der Waals surface area contributed by atoms with Gasteiger partial charge in [-0.1, -0.05) is 15.9 Å². The number of rotatable bonds is 5. The van der Waals surface area contributed by atoms with Gasteiger partial charge < -0.3 is 10.2 Å². The predicted octanol–water partition coefficient (Wildman–Crippen LogP) is 4.95. The third-order valence-electron chi connectivity index (χ3n) is 2.89. The van der Waals surface area contributed by atoms with Gasteiger partial charge in [0.15, 0.2) is 0 Å². The summed E-state index contributed by atoms with van der Waals surface area (Å²) in [5.74, 6) is 0.282. The number of amides is 2. The van der Waals surface area contributed by atoms with Crippen LogP contribution >= 0.6 is 39.5 Å². The fraction of sp³-hybridized carbons (Fsp3) is 0.176. The van der Waals surface area contributed by atoms with Gasteiger partial charge in [-0.15, -0.1) is 11.8 Å². The molecular weight excluding hydrogens is 408 g/mol. The van der Waals surface area contributed by atoms with Crippen molar-refractivity contribution >= 4 is 56.3 Å². The maximum Gasteiger partial charge on any atom is 0.285 e. The van der Waals surface area contributed by atoms with Gasteiger partial charge in [0.05, 0.1) is 5.75 Å². The Morgan fingerprint density at radius 2 is 1.58 bits per heavy atom. The molecule has 0 aliphatic carbocycles. The monoisotopic (exact) mass is 424 g/mol. The molecule has 0 aromatic heterocycles. The van der Waals surface area contributed by atoms with Crippen LogP contribution in [0, 0.1) is 0 Å². The highest BCUT2D eigenvalue weighted by Gasteiger charge is 2.07. The van der Waals surface area contributed by atoms with E-state index in [9.17, 15) is 9.59 Å². The van der Waals surface area contributed by atoms with Crippen LogP contribution in [0.25, 0.3) is 0 Å². The van der Waals surface area contributed by atoms with E-state index in [4.69, 9.17) is 0 Å². The maximum absolute atomic E-state index is 12.0. The smallest absolute Gasteiger partial charge is 0.285 e. The Balaban J connectivity index is 1.83. The number of halogens is 1. The number of nitrogens with one attached hydrogen (secondary N) is 1.